The third-order valence-corrected chi connectivity index (χ3v) is 1.65. The van der Waals surface area contributed by atoms with Crippen molar-refractivity contribution in [3.63, 3.8) is 0 Å². The molecule has 2 aromatic rings. The molecule has 2 heteroatoms. The topological polar surface area (TPSA) is 28.7 Å². The van der Waals surface area contributed by atoms with Crippen LogP contribution in [0.3, 0.4) is 0 Å². The second kappa shape index (κ2) is 4.80. The first kappa shape index (κ1) is 10.8. The van der Waals surface area contributed by atoms with E-state index >= 15 is 0 Å². The maximum absolute atomic E-state index is 4.16. The van der Waals surface area contributed by atoms with Gasteiger partial charge < -0.3 is 4.98 Å². The number of aryl methyl sites for hydroxylation is 1. The zero-order chi connectivity index (χ0) is 10.6. The number of para-hydroxylation sites is 1. The number of aromatic nitrogens is 2. The summed E-state index contributed by atoms with van der Waals surface area (Å²) in [7, 11) is 0. The Kier molecular flexibility index (Phi) is 3.69. The molecular formula is C12H18N2. The van der Waals surface area contributed by atoms with Crippen LogP contribution in [0.2, 0.25) is 0 Å². The Morgan fingerprint density at radius 2 is 1.86 bits per heavy atom. The minimum absolute atomic E-state index is 0.833. The van der Waals surface area contributed by atoms with Crippen LogP contribution in [0.15, 0.2) is 24.5 Å². The summed E-state index contributed by atoms with van der Waals surface area (Å²) >= 11 is 0. The average Bonchev–Trinajstić information content (AvgIpc) is 2.52. The largest absolute Gasteiger partial charge is 0.345 e. The predicted octanol–water partition coefficient (Wildman–Crippen LogP) is 3.53. The Labute approximate surface area is 85.4 Å². The highest BCUT2D eigenvalue weighted by molar-refractivity contribution is 5.77. The fraction of sp³-hybridized carbons (Fsp3) is 0.417. The molecule has 14 heavy (non-hydrogen) atoms. The van der Waals surface area contributed by atoms with E-state index in [9.17, 15) is 0 Å². The molecule has 2 rings (SSSR count). The summed E-state index contributed by atoms with van der Waals surface area (Å²) in [5.41, 5.74) is 3.40. The SMILES string of the molecule is CC(C)C.Cc1cccc2[nH]cnc12. The lowest BCUT2D eigenvalue weighted by Gasteiger charge is -1.90. The second-order valence-corrected chi connectivity index (χ2v) is 4.11. The van der Waals surface area contributed by atoms with Crippen LogP contribution in [0.5, 0.6) is 0 Å². The Balaban J connectivity index is 0.000000213. The number of aromatic amines is 1. The van der Waals surface area contributed by atoms with E-state index < -0.39 is 0 Å². The van der Waals surface area contributed by atoms with Crippen molar-refractivity contribution in [1.82, 2.24) is 9.97 Å². The summed E-state index contributed by atoms with van der Waals surface area (Å²) in [5, 5.41) is 0. The highest BCUT2D eigenvalue weighted by Gasteiger charge is 1.95. The van der Waals surface area contributed by atoms with E-state index in [0.717, 1.165) is 17.0 Å². The maximum atomic E-state index is 4.16. The van der Waals surface area contributed by atoms with Gasteiger partial charge in [0.05, 0.1) is 17.4 Å². The molecule has 0 aliphatic rings. The van der Waals surface area contributed by atoms with E-state index in [1.165, 1.54) is 5.56 Å². The number of nitrogens with one attached hydrogen (secondary N) is 1. The molecule has 0 radical (unpaired) electrons. The van der Waals surface area contributed by atoms with E-state index in [0.29, 0.717) is 0 Å². The summed E-state index contributed by atoms with van der Waals surface area (Å²) < 4.78 is 0. The van der Waals surface area contributed by atoms with Gasteiger partial charge in [0, 0.05) is 0 Å². The van der Waals surface area contributed by atoms with Gasteiger partial charge in [-0.2, -0.15) is 0 Å². The van der Waals surface area contributed by atoms with Gasteiger partial charge in [-0.15, -0.1) is 0 Å². The van der Waals surface area contributed by atoms with Crippen molar-refractivity contribution in [3.8, 4) is 0 Å². The van der Waals surface area contributed by atoms with Crippen LogP contribution in [-0.2, 0) is 0 Å². The molecule has 0 fully saturated rings. The number of hydrogen-bond acceptors (Lipinski definition) is 1. The number of nitrogens with zero attached hydrogens (tertiary/aromatic N) is 1. The quantitative estimate of drug-likeness (QED) is 0.676. The molecule has 0 atom stereocenters. The van der Waals surface area contributed by atoms with Gasteiger partial charge in [-0.3, -0.25) is 0 Å². The van der Waals surface area contributed by atoms with Crippen LogP contribution in [0.25, 0.3) is 11.0 Å². The minimum atomic E-state index is 0.833. The molecule has 76 valence electrons. The van der Waals surface area contributed by atoms with Gasteiger partial charge in [-0.05, 0) is 24.5 Å². The van der Waals surface area contributed by atoms with E-state index in [1.807, 2.05) is 12.1 Å². The van der Waals surface area contributed by atoms with E-state index in [1.54, 1.807) is 6.33 Å². The molecule has 0 spiro atoms. The van der Waals surface area contributed by atoms with Gasteiger partial charge in [0.1, 0.15) is 0 Å². The Bertz CT molecular complexity index is 385. The van der Waals surface area contributed by atoms with Crippen molar-refractivity contribution in [2.75, 3.05) is 0 Å². The van der Waals surface area contributed by atoms with Gasteiger partial charge in [0.15, 0.2) is 0 Å². The minimum Gasteiger partial charge on any atom is -0.345 e. The molecular weight excluding hydrogens is 172 g/mol. The highest BCUT2D eigenvalue weighted by atomic mass is 14.9. The van der Waals surface area contributed by atoms with Gasteiger partial charge in [0.2, 0.25) is 0 Å². The van der Waals surface area contributed by atoms with E-state index in [-0.39, 0.29) is 0 Å². The number of rotatable bonds is 0. The third-order valence-electron chi connectivity index (χ3n) is 1.65. The smallest absolute Gasteiger partial charge is 0.0931 e. The molecule has 0 aliphatic heterocycles. The summed E-state index contributed by atoms with van der Waals surface area (Å²) in [4.78, 5) is 7.21. The van der Waals surface area contributed by atoms with Crippen LogP contribution >= 0.6 is 0 Å². The first-order valence-electron chi connectivity index (χ1n) is 5.00. The lowest BCUT2D eigenvalue weighted by Crippen LogP contribution is -1.73. The monoisotopic (exact) mass is 190 g/mol. The number of imidazole rings is 1. The Morgan fingerprint density at radius 1 is 1.21 bits per heavy atom. The van der Waals surface area contributed by atoms with Crippen LogP contribution in [0, 0.1) is 12.8 Å². The molecule has 0 aliphatic carbocycles. The molecule has 0 amide bonds. The standard InChI is InChI=1S/C8H8N2.C4H10/c1-6-3-2-4-7-8(6)10-5-9-7;1-4(2)3/h2-5H,1H3,(H,9,10);4H,1-3H3. The van der Waals surface area contributed by atoms with Crippen molar-refractivity contribution < 1.29 is 0 Å². The molecule has 0 saturated heterocycles. The van der Waals surface area contributed by atoms with E-state index in [4.69, 9.17) is 0 Å². The van der Waals surface area contributed by atoms with Gasteiger partial charge >= 0.3 is 0 Å². The van der Waals surface area contributed by atoms with Crippen molar-refractivity contribution in [2.45, 2.75) is 27.7 Å². The lowest BCUT2D eigenvalue weighted by molar-refractivity contribution is 0.737. The summed E-state index contributed by atoms with van der Waals surface area (Å²) in [6.07, 6.45) is 1.72. The molecule has 0 unspecified atom stereocenters. The molecule has 2 nitrogen and oxygen atoms in total. The summed E-state index contributed by atoms with van der Waals surface area (Å²) in [6.45, 7) is 8.56. The molecule has 0 saturated carbocycles. The number of fused-ring (bicyclic) bond motifs is 1. The number of hydrogen-bond donors (Lipinski definition) is 1. The second-order valence-electron chi connectivity index (χ2n) is 4.11. The van der Waals surface area contributed by atoms with E-state index in [2.05, 4.69) is 43.7 Å². The van der Waals surface area contributed by atoms with Gasteiger partial charge in [-0.1, -0.05) is 32.9 Å². The molecule has 1 N–H and O–H groups in total. The van der Waals surface area contributed by atoms with Crippen molar-refractivity contribution in [2.24, 2.45) is 5.92 Å². The average molecular weight is 190 g/mol. The molecule has 0 bridgehead atoms. The first-order chi connectivity index (χ1) is 6.61. The summed E-state index contributed by atoms with van der Waals surface area (Å²) in [5.74, 6) is 0.833. The Hall–Kier alpha value is -1.31. The van der Waals surface area contributed by atoms with Crippen LogP contribution in [-0.4, -0.2) is 9.97 Å². The van der Waals surface area contributed by atoms with Crippen molar-refractivity contribution in [1.29, 1.82) is 0 Å². The van der Waals surface area contributed by atoms with Crippen molar-refractivity contribution in [3.05, 3.63) is 30.1 Å². The van der Waals surface area contributed by atoms with Crippen LogP contribution < -0.4 is 0 Å². The van der Waals surface area contributed by atoms with Gasteiger partial charge in [0.25, 0.3) is 0 Å². The maximum Gasteiger partial charge on any atom is 0.0931 e. The van der Waals surface area contributed by atoms with Crippen LogP contribution in [0.1, 0.15) is 26.3 Å². The highest BCUT2D eigenvalue weighted by Crippen LogP contribution is 2.12. The molecule has 1 heterocycles. The summed E-state index contributed by atoms with van der Waals surface area (Å²) in [6, 6.07) is 6.11. The molecule has 1 aromatic heterocycles. The Morgan fingerprint density at radius 3 is 2.43 bits per heavy atom. The zero-order valence-corrected chi connectivity index (χ0v) is 9.33. The lowest BCUT2D eigenvalue weighted by atomic mass is 10.2. The normalized spacial score (nSPS) is 10.1. The zero-order valence-electron chi connectivity index (χ0n) is 9.33. The van der Waals surface area contributed by atoms with Crippen LogP contribution in [0.4, 0.5) is 0 Å². The fourth-order valence-corrected chi connectivity index (χ4v) is 1.11. The fourth-order valence-electron chi connectivity index (χ4n) is 1.11. The first-order valence-corrected chi connectivity index (χ1v) is 5.00. The predicted molar refractivity (Wildman–Crippen MR) is 61.3 cm³/mol. The third kappa shape index (κ3) is 2.87. The van der Waals surface area contributed by atoms with Crippen molar-refractivity contribution >= 4 is 11.0 Å². The number of benzene rings is 1. The van der Waals surface area contributed by atoms with Gasteiger partial charge in [-0.25, -0.2) is 4.98 Å². The molecule has 1 aromatic carbocycles. The number of H-pyrrole nitrogens is 1.